The molecule has 0 saturated heterocycles. The zero-order valence-electron chi connectivity index (χ0n) is 8.19. The van der Waals surface area contributed by atoms with Gasteiger partial charge in [0.05, 0.1) is 18.4 Å². The fourth-order valence-electron chi connectivity index (χ4n) is 1.51. The van der Waals surface area contributed by atoms with Gasteiger partial charge in [-0.15, -0.1) is 0 Å². The van der Waals surface area contributed by atoms with Crippen molar-refractivity contribution in [2.24, 2.45) is 4.99 Å². The molecule has 0 bridgehead atoms. The van der Waals surface area contributed by atoms with Crippen LogP contribution in [0.15, 0.2) is 40.6 Å². The molecular weight excluding hydrogens is 194 g/mol. The predicted octanol–water partition coefficient (Wildman–Crippen LogP) is 0.953. The lowest BCUT2D eigenvalue weighted by Gasteiger charge is -2.06. The van der Waals surface area contributed by atoms with Crippen LogP contribution in [0.1, 0.15) is 6.42 Å². The summed E-state index contributed by atoms with van der Waals surface area (Å²) < 4.78 is 4.38. The highest BCUT2D eigenvalue weighted by molar-refractivity contribution is 6.44. The molecule has 0 radical (unpaired) electrons. The maximum atomic E-state index is 11.6. The minimum absolute atomic E-state index is 0.321. The Labute approximate surface area is 86.6 Å². The molecule has 15 heavy (non-hydrogen) atoms. The number of nitrogens with zero attached hydrogens (tertiary/aromatic N) is 1. The number of ether oxygens (including phenoxy) is 1. The molecule has 0 spiro atoms. The van der Waals surface area contributed by atoms with E-state index in [-0.39, 0.29) is 0 Å². The van der Waals surface area contributed by atoms with Gasteiger partial charge in [-0.1, -0.05) is 12.2 Å². The van der Waals surface area contributed by atoms with Crippen molar-refractivity contribution >= 4 is 17.5 Å². The number of aliphatic imine (C=N–C) groups is 1. The van der Waals surface area contributed by atoms with Crippen LogP contribution in [0, 0.1) is 0 Å². The normalized spacial score (nSPS) is 17.5. The van der Waals surface area contributed by atoms with Crippen LogP contribution in [0.25, 0.3) is 0 Å². The number of hydrogen-bond donors (Lipinski definition) is 0. The number of esters is 1. The summed E-state index contributed by atoms with van der Waals surface area (Å²) in [6.45, 7) is 0. The number of Topliss-reactive ketones (excluding diaryl/α,β-unsaturated/α-hetero) is 1. The number of rotatable bonds is 2. The number of hydrogen-bond acceptors (Lipinski definition) is 4. The van der Waals surface area contributed by atoms with Crippen LogP contribution >= 0.6 is 0 Å². The number of allylic oxidation sites excluding steroid dienone is 4. The van der Waals surface area contributed by atoms with Gasteiger partial charge in [-0.05, 0) is 12.5 Å². The van der Waals surface area contributed by atoms with Crippen LogP contribution in [0.5, 0.6) is 0 Å². The third kappa shape index (κ3) is 1.54. The van der Waals surface area contributed by atoms with Crippen molar-refractivity contribution < 1.29 is 14.3 Å². The molecule has 0 unspecified atom stereocenters. The highest BCUT2D eigenvalue weighted by Crippen LogP contribution is 2.24. The van der Waals surface area contributed by atoms with Crippen molar-refractivity contribution in [1.29, 1.82) is 0 Å². The summed E-state index contributed by atoms with van der Waals surface area (Å²) in [5.74, 6) is -1.49. The lowest BCUT2D eigenvalue weighted by molar-refractivity contribution is -0.149. The number of carbonyl (C=O) groups excluding carboxylic acids is 2. The monoisotopic (exact) mass is 203 g/mol. The molecule has 0 aromatic heterocycles. The molecule has 1 heterocycles. The molecule has 0 fully saturated rings. The van der Waals surface area contributed by atoms with E-state index < -0.39 is 11.8 Å². The number of fused-ring (bicyclic) bond motifs is 1. The Hall–Kier alpha value is -1.97. The van der Waals surface area contributed by atoms with Gasteiger partial charge in [0.2, 0.25) is 0 Å². The quantitative estimate of drug-likeness (QED) is 0.496. The smallest absolute Gasteiger partial charge is 0.379 e. The molecule has 2 aliphatic rings. The zero-order valence-corrected chi connectivity index (χ0v) is 8.19. The molecule has 1 aliphatic heterocycles. The van der Waals surface area contributed by atoms with Crippen molar-refractivity contribution in [3.8, 4) is 0 Å². The topological polar surface area (TPSA) is 55.7 Å². The Morgan fingerprint density at radius 2 is 2.27 bits per heavy atom. The van der Waals surface area contributed by atoms with E-state index in [2.05, 4.69) is 9.73 Å². The molecule has 76 valence electrons. The van der Waals surface area contributed by atoms with Gasteiger partial charge in [0.25, 0.3) is 5.78 Å². The summed E-state index contributed by atoms with van der Waals surface area (Å²) in [5, 5.41) is 0. The molecule has 0 saturated carbocycles. The average molecular weight is 203 g/mol. The molecule has 2 rings (SSSR count). The minimum atomic E-state index is -0.854. The van der Waals surface area contributed by atoms with Crippen LogP contribution in [-0.4, -0.2) is 24.6 Å². The Balaban J connectivity index is 2.26. The van der Waals surface area contributed by atoms with E-state index in [9.17, 15) is 9.59 Å². The first kappa shape index (κ1) is 9.58. The maximum absolute atomic E-state index is 11.6. The Kier molecular flexibility index (Phi) is 2.33. The first-order valence-corrected chi connectivity index (χ1v) is 4.52. The first-order chi connectivity index (χ1) is 7.24. The van der Waals surface area contributed by atoms with Crippen LogP contribution in [0.4, 0.5) is 0 Å². The van der Waals surface area contributed by atoms with E-state index in [4.69, 9.17) is 0 Å². The fourth-order valence-corrected chi connectivity index (χ4v) is 1.51. The Bertz CT molecular complexity index is 452. The zero-order chi connectivity index (χ0) is 10.8. The number of ketones is 1. The standard InChI is InChI=1S/C11H9NO3/c1-15-11(14)10(13)8-6-12-9-5-3-2-4-7(8)9/h3-6H,2H2,1H3. The number of carbonyl (C=O) groups is 2. The summed E-state index contributed by atoms with van der Waals surface area (Å²) in [4.78, 5) is 26.7. The van der Waals surface area contributed by atoms with Crippen LogP contribution in [0.2, 0.25) is 0 Å². The highest BCUT2D eigenvalue weighted by Gasteiger charge is 2.27. The lowest BCUT2D eigenvalue weighted by atomic mass is 9.96. The van der Waals surface area contributed by atoms with E-state index in [1.54, 1.807) is 0 Å². The van der Waals surface area contributed by atoms with E-state index in [0.29, 0.717) is 5.57 Å². The summed E-state index contributed by atoms with van der Waals surface area (Å²) in [7, 11) is 1.19. The van der Waals surface area contributed by atoms with E-state index in [1.807, 2.05) is 18.2 Å². The van der Waals surface area contributed by atoms with Gasteiger partial charge >= 0.3 is 5.97 Å². The second-order valence-corrected chi connectivity index (χ2v) is 3.13. The summed E-state index contributed by atoms with van der Waals surface area (Å²) in [5.41, 5.74) is 1.78. The summed E-state index contributed by atoms with van der Waals surface area (Å²) in [6.07, 6.45) is 7.82. The molecular formula is C11H9NO3. The van der Waals surface area contributed by atoms with Gasteiger partial charge in [0.1, 0.15) is 0 Å². The van der Waals surface area contributed by atoms with Gasteiger partial charge < -0.3 is 4.74 Å². The molecule has 4 nitrogen and oxygen atoms in total. The van der Waals surface area contributed by atoms with Crippen molar-refractivity contribution in [1.82, 2.24) is 0 Å². The fraction of sp³-hybridized carbons (Fsp3) is 0.182. The first-order valence-electron chi connectivity index (χ1n) is 4.52. The van der Waals surface area contributed by atoms with E-state index in [1.165, 1.54) is 13.3 Å². The third-order valence-electron chi connectivity index (χ3n) is 2.25. The minimum Gasteiger partial charge on any atom is -0.463 e. The van der Waals surface area contributed by atoms with Gasteiger partial charge in [-0.3, -0.25) is 9.79 Å². The molecule has 0 aromatic carbocycles. The van der Waals surface area contributed by atoms with Crippen molar-refractivity contribution in [3.63, 3.8) is 0 Å². The molecule has 0 amide bonds. The summed E-state index contributed by atoms with van der Waals surface area (Å²) >= 11 is 0. The van der Waals surface area contributed by atoms with Crippen LogP contribution in [0.3, 0.4) is 0 Å². The lowest BCUT2D eigenvalue weighted by Crippen LogP contribution is -2.19. The van der Waals surface area contributed by atoms with Gasteiger partial charge in [0.15, 0.2) is 0 Å². The van der Waals surface area contributed by atoms with Crippen LogP contribution in [-0.2, 0) is 14.3 Å². The second-order valence-electron chi connectivity index (χ2n) is 3.13. The predicted molar refractivity (Wildman–Crippen MR) is 54.4 cm³/mol. The summed E-state index contributed by atoms with van der Waals surface area (Å²) in [6, 6.07) is 0. The van der Waals surface area contributed by atoms with Gasteiger partial charge in [-0.25, -0.2) is 4.79 Å². The van der Waals surface area contributed by atoms with Crippen LogP contribution < -0.4 is 0 Å². The molecule has 0 atom stereocenters. The van der Waals surface area contributed by atoms with Gasteiger partial charge in [-0.2, -0.15) is 0 Å². The van der Waals surface area contributed by atoms with E-state index >= 15 is 0 Å². The Morgan fingerprint density at radius 3 is 3.00 bits per heavy atom. The third-order valence-corrected chi connectivity index (χ3v) is 2.25. The maximum Gasteiger partial charge on any atom is 0.379 e. The molecule has 0 aromatic rings. The largest absolute Gasteiger partial charge is 0.463 e. The highest BCUT2D eigenvalue weighted by atomic mass is 16.5. The van der Waals surface area contributed by atoms with Crippen molar-refractivity contribution in [2.75, 3.05) is 7.11 Å². The second kappa shape index (κ2) is 3.65. The SMILES string of the molecule is COC(=O)C(=O)C1=CN=C2C=CCC=C12. The average Bonchev–Trinajstić information content (AvgIpc) is 2.70. The molecule has 1 aliphatic carbocycles. The molecule has 4 heteroatoms. The molecule has 0 N–H and O–H groups in total. The van der Waals surface area contributed by atoms with Crippen molar-refractivity contribution in [2.45, 2.75) is 6.42 Å². The van der Waals surface area contributed by atoms with Gasteiger partial charge in [0, 0.05) is 11.8 Å². The number of methoxy groups -OCH3 is 1. The van der Waals surface area contributed by atoms with Crippen molar-refractivity contribution in [3.05, 3.63) is 35.6 Å². The van der Waals surface area contributed by atoms with E-state index in [0.717, 1.165) is 17.7 Å². The Morgan fingerprint density at radius 1 is 1.47 bits per heavy atom.